The van der Waals surface area contributed by atoms with Crippen LogP contribution in [0, 0.1) is 11.8 Å². The van der Waals surface area contributed by atoms with Crippen LogP contribution in [-0.2, 0) is 20.5 Å². The monoisotopic (exact) mass is 524 g/mol. The third-order valence-electron chi connectivity index (χ3n) is 7.25. The van der Waals surface area contributed by atoms with Crippen LogP contribution in [-0.4, -0.2) is 53.6 Å². The van der Waals surface area contributed by atoms with Crippen molar-refractivity contribution in [3.8, 4) is 5.75 Å². The summed E-state index contributed by atoms with van der Waals surface area (Å²) in [5.41, 5.74) is 4.44. The molecule has 0 spiro atoms. The second-order valence-corrected chi connectivity index (χ2v) is 11.5. The van der Waals surface area contributed by atoms with Crippen LogP contribution >= 0.6 is 0 Å². The van der Waals surface area contributed by atoms with E-state index in [2.05, 4.69) is 10.3 Å². The van der Waals surface area contributed by atoms with Crippen molar-refractivity contribution in [2.45, 2.75) is 82.8 Å². The molecule has 2 amide bonds. The predicted octanol–water partition coefficient (Wildman–Crippen LogP) is 3.79. The van der Waals surface area contributed by atoms with Gasteiger partial charge in [0, 0.05) is 37.7 Å². The van der Waals surface area contributed by atoms with Crippen LogP contribution in [0.4, 0.5) is 13.2 Å². The lowest BCUT2D eigenvalue weighted by molar-refractivity contribution is -0.137. The Morgan fingerprint density at radius 1 is 1.32 bits per heavy atom. The van der Waals surface area contributed by atoms with Crippen LogP contribution in [0.1, 0.15) is 70.5 Å². The second-order valence-electron chi connectivity index (χ2n) is 11.5. The van der Waals surface area contributed by atoms with E-state index in [0.29, 0.717) is 37.2 Å². The molecule has 1 aromatic carbocycles. The Hall–Kier alpha value is -2.82. The molecule has 0 radical (unpaired) electrons. The fourth-order valence-corrected chi connectivity index (χ4v) is 5.49. The number of nitrogens with two attached hydrogens (primary N) is 1. The molecule has 1 aromatic rings. The first kappa shape index (κ1) is 27.2. The molecule has 0 aromatic heterocycles. The van der Waals surface area contributed by atoms with Gasteiger partial charge in [-0.15, -0.1) is 0 Å². The molecule has 204 valence electrons. The van der Waals surface area contributed by atoms with Gasteiger partial charge in [-0.3, -0.25) is 14.5 Å². The van der Waals surface area contributed by atoms with Crippen LogP contribution in [0.2, 0.25) is 0 Å². The number of carbonyl (C=O) groups is 2. The Morgan fingerprint density at radius 2 is 2.03 bits per heavy atom. The first-order chi connectivity index (χ1) is 17.1. The maximum atomic E-state index is 13.4. The molecule has 4 rings (SSSR count). The number of nitrogens with one attached hydrogen (secondary N) is 1. The minimum atomic E-state index is -4.51. The average Bonchev–Trinajstić information content (AvgIpc) is 3.54. The molecule has 3 aliphatic rings. The highest BCUT2D eigenvalue weighted by molar-refractivity contribution is 5.99. The SMILES string of the molecule is COCC[C@H]([C@@H]1C[C@H]1C(=O)N[C@H]1CC(C)(C)Oc2ccc(C(F)(F)F)cc21)N1C(=O)CC(C)(C)N=C1N. The summed E-state index contributed by atoms with van der Waals surface area (Å²) in [5, 5.41) is 2.97. The highest BCUT2D eigenvalue weighted by Gasteiger charge is 2.52. The van der Waals surface area contributed by atoms with Crippen molar-refractivity contribution in [1.29, 1.82) is 0 Å². The van der Waals surface area contributed by atoms with Gasteiger partial charge in [-0.25, -0.2) is 4.99 Å². The van der Waals surface area contributed by atoms with E-state index in [1.54, 1.807) is 7.11 Å². The zero-order valence-electron chi connectivity index (χ0n) is 21.8. The predicted molar refractivity (Wildman–Crippen MR) is 131 cm³/mol. The molecule has 1 fully saturated rings. The van der Waals surface area contributed by atoms with Gasteiger partial charge < -0.3 is 20.5 Å². The van der Waals surface area contributed by atoms with E-state index in [9.17, 15) is 22.8 Å². The number of rotatable bonds is 7. The van der Waals surface area contributed by atoms with E-state index in [4.69, 9.17) is 15.2 Å². The largest absolute Gasteiger partial charge is 0.487 e. The maximum Gasteiger partial charge on any atom is 0.416 e. The van der Waals surface area contributed by atoms with Gasteiger partial charge in [-0.1, -0.05) is 0 Å². The van der Waals surface area contributed by atoms with Crippen molar-refractivity contribution in [3.05, 3.63) is 29.3 Å². The minimum Gasteiger partial charge on any atom is -0.487 e. The molecule has 0 saturated heterocycles. The van der Waals surface area contributed by atoms with Crippen molar-refractivity contribution in [3.63, 3.8) is 0 Å². The van der Waals surface area contributed by atoms with Crippen molar-refractivity contribution in [2.24, 2.45) is 22.6 Å². The summed E-state index contributed by atoms with van der Waals surface area (Å²) < 4.78 is 51.3. The average molecular weight is 525 g/mol. The molecule has 3 N–H and O–H groups in total. The summed E-state index contributed by atoms with van der Waals surface area (Å²) in [4.78, 5) is 32.3. The number of guanidine groups is 1. The zero-order valence-corrected chi connectivity index (χ0v) is 21.8. The number of amides is 2. The maximum absolute atomic E-state index is 13.4. The van der Waals surface area contributed by atoms with E-state index >= 15 is 0 Å². The molecule has 0 bridgehead atoms. The van der Waals surface area contributed by atoms with Crippen LogP contribution in [0.5, 0.6) is 5.75 Å². The Bertz CT molecular complexity index is 1100. The molecular formula is C26H35F3N4O4. The molecule has 11 heteroatoms. The molecule has 0 unspecified atom stereocenters. The highest BCUT2D eigenvalue weighted by Crippen LogP contribution is 2.47. The number of methoxy groups -OCH3 is 1. The van der Waals surface area contributed by atoms with Crippen molar-refractivity contribution in [1.82, 2.24) is 10.2 Å². The Morgan fingerprint density at radius 3 is 2.65 bits per heavy atom. The van der Waals surface area contributed by atoms with Gasteiger partial charge in [0.15, 0.2) is 5.96 Å². The number of hydrogen-bond donors (Lipinski definition) is 2. The number of alkyl halides is 3. The number of carbonyl (C=O) groups excluding carboxylic acids is 2. The molecule has 4 atom stereocenters. The van der Waals surface area contributed by atoms with Gasteiger partial charge >= 0.3 is 6.18 Å². The lowest BCUT2D eigenvalue weighted by atomic mass is 9.88. The van der Waals surface area contributed by atoms with Crippen LogP contribution in [0.3, 0.4) is 0 Å². The third-order valence-corrected chi connectivity index (χ3v) is 7.25. The van der Waals surface area contributed by atoms with Crippen LogP contribution in [0.15, 0.2) is 23.2 Å². The number of benzene rings is 1. The summed E-state index contributed by atoms with van der Waals surface area (Å²) in [6, 6.07) is 2.34. The van der Waals surface area contributed by atoms with Crippen molar-refractivity contribution in [2.75, 3.05) is 13.7 Å². The van der Waals surface area contributed by atoms with Gasteiger partial charge in [-0.2, -0.15) is 13.2 Å². The van der Waals surface area contributed by atoms with Gasteiger partial charge in [0.2, 0.25) is 11.8 Å². The molecule has 1 saturated carbocycles. The number of nitrogens with zero attached hydrogens (tertiary/aromatic N) is 2. The lowest BCUT2D eigenvalue weighted by Crippen LogP contribution is -2.55. The normalized spacial score (nSPS) is 27.0. The fourth-order valence-electron chi connectivity index (χ4n) is 5.49. The van der Waals surface area contributed by atoms with Crippen molar-refractivity contribution < 1.29 is 32.2 Å². The van der Waals surface area contributed by atoms with E-state index in [-0.39, 0.29) is 36.2 Å². The van der Waals surface area contributed by atoms with E-state index in [0.717, 1.165) is 12.1 Å². The Kier molecular flexibility index (Phi) is 6.98. The minimum absolute atomic E-state index is 0.133. The second kappa shape index (κ2) is 9.49. The number of halogens is 3. The quantitative estimate of drug-likeness (QED) is 0.565. The van der Waals surface area contributed by atoms with Crippen LogP contribution < -0.4 is 15.8 Å². The smallest absolute Gasteiger partial charge is 0.416 e. The Labute approximate surface area is 214 Å². The summed E-state index contributed by atoms with van der Waals surface area (Å²) >= 11 is 0. The summed E-state index contributed by atoms with van der Waals surface area (Å²) in [6.07, 6.45) is -2.98. The molecule has 37 heavy (non-hydrogen) atoms. The fraction of sp³-hybridized carbons (Fsp3) is 0.654. The lowest BCUT2D eigenvalue weighted by Gasteiger charge is -2.39. The zero-order chi connectivity index (χ0) is 27.3. The summed E-state index contributed by atoms with van der Waals surface area (Å²) in [5.74, 6) is -0.526. The highest BCUT2D eigenvalue weighted by atomic mass is 19.4. The number of fused-ring (bicyclic) bond motifs is 1. The first-order valence-corrected chi connectivity index (χ1v) is 12.5. The molecule has 8 nitrogen and oxygen atoms in total. The molecule has 2 heterocycles. The van der Waals surface area contributed by atoms with Gasteiger partial charge in [0.25, 0.3) is 0 Å². The van der Waals surface area contributed by atoms with E-state index in [1.165, 1.54) is 11.0 Å². The first-order valence-electron chi connectivity index (χ1n) is 12.5. The molecule has 2 aliphatic heterocycles. The number of hydrogen-bond acceptors (Lipinski definition) is 6. The van der Waals surface area contributed by atoms with Gasteiger partial charge in [0.05, 0.1) is 23.6 Å². The van der Waals surface area contributed by atoms with E-state index in [1.807, 2.05) is 27.7 Å². The van der Waals surface area contributed by atoms with Crippen molar-refractivity contribution >= 4 is 17.8 Å². The number of ether oxygens (including phenoxy) is 2. The topological polar surface area (TPSA) is 106 Å². The van der Waals surface area contributed by atoms with E-state index < -0.39 is 34.8 Å². The standard InChI is InChI=1S/C26H35F3N4O4/c1-24(2)13-21(34)33(23(30)32-24)19(8-9-36-5)15-11-16(15)22(35)31-18-12-25(3,4)37-20-7-6-14(10-17(18)20)26(27,28)29/h6-7,10,15-16,18-19H,8-9,11-13H2,1-5H3,(H2,30,32)(H,31,35)/t15-,16-,18+,19-/m1/s1. The Balaban J connectivity index is 1.54. The summed E-state index contributed by atoms with van der Waals surface area (Å²) in [7, 11) is 1.56. The summed E-state index contributed by atoms with van der Waals surface area (Å²) in [6.45, 7) is 7.71. The molecule has 1 aliphatic carbocycles. The molecular weight excluding hydrogens is 489 g/mol. The van der Waals surface area contributed by atoms with Gasteiger partial charge in [-0.05, 0) is 64.7 Å². The van der Waals surface area contributed by atoms with Crippen LogP contribution in [0.25, 0.3) is 0 Å². The number of aliphatic imine (C=N–C) groups is 1. The third kappa shape index (κ3) is 5.86. The van der Waals surface area contributed by atoms with Gasteiger partial charge in [0.1, 0.15) is 11.4 Å².